The molecule has 224 valence electrons. The van der Waals surface area contributed by atoms with Crippen LogP contribution in [0.5, 0.6) is 0 Å². The second-order valence-electron chi connectivity index (χ2n) is 9.50. The standard InChI is InChI=1S/2C9H10N2O4.C8H14O2S/c2*10-8(9(12)13)5-6-1-3-7(4-2-6)11(14)15;9-7(10)6-8(11)4-2-1-3-5-8/h2*1-4,8H,5,10H2,(H,12,13);11H,1-6H2,(H,9,10)/t2*8-;/m00./s1. The predicted octanol–water partition coefficient (Wildman–Crippen LogP) is 3.19. The van der Waals surface area contributed by atoms with Gasteiger partial charge in [-0.3, -0.25) is 34.6 Å². The van der Waals surface area contributed by atoms with Crippen LogP contribution in [0.15, 0.2) is 48.5 Å². The molecule has 0 spiro atoms. The van der Waals surface area contributed by atoms with E-state index in [-0.39, 0.29) is 35.4 Å². The van der Waals surface area contributed by atoms with E-state index in [1.54, 1.807) is 0 Å². The molecule has 1 aliphatic rings. The first-order valence-corrected chi connectivity index (χ1v) is 13.0. The first-order chi connectivity index (χ1) is 19.1. The zero-order chi connectivity index (χ0) is 31.2. The lowest BCUT2D eigenvalue weighted by Gasteiger charge is -2.30. The van der Waals surface area contributed by atoms with Gasteiger partial charge in [0.2, 0.25) is 0 Å². The maximum absolute atomic E-state index is 10.4. The van der Waals surface area contributed by atoms with Gasteiger partial charge in [-0.15, -0.1) is 0 Å². The number of aliphatic carboxylic acids is 3. The molecule has 0 radical (unpaired) electrons. The SMILES string of the molecule is N[C@@H](Cc1ccc([N+](=O)[O-])cc1)C(=O)O.N[C@@H](Cc1ccc([N+](=O)[O-])cc1)C(=O)O.O=C(O)CC1(S)CCCCC1. The van der Waals surface area contributed by atoms with Gasteiger partial charge < -0.3 is 26.8 Å². The topological polar surface area (TPSA) is 250 Å². The Hall–Kier alpha value is -4.08. The van der Waals surface area contributed by atoms with E-state index in [4.69, 9.17) is 26.8 Å². The molecule has 1 fully saturated rings. The Labute approximate surface area is 241 Å². The van der Waals surface area contributed by atoms with Crippen molar-refractivity contribution in [2.75, 3.05) is 0 Å². The van der Waals surface area contributed by atoms with Gasteiger partial charge in [-0.2, -0.15) is 12.6 Å². The first-order valence-electron chi connectivity index (χ1n) is 12.5. The van der Waals surface area contributed by atoms with Crippen LogP contribution in [0, 0.1) is 20.2 Å². The summed E-state index contributed by atoms with van der Waals surface area (Å²) in [6, 6.07) is 9.34. The van der Waals surface area contributed by atoms with E-state index in [2.05, 4.69) is 12.6 Å². The molecule has 2 aromatic carbocycles. The largest absolute Gasteiger partial charge is 0.481 e. The molecule has 41 heavy (non-hydrogen) atoms. The molecule has 0 aliphatic heterocycles. The molecule has 1 saturated carbocycles. The number of benzene rings is 2. The molecule has 0 aromatic heterocycles. The van der Waals surface area contributed by atoms with Gasteiger partial charge in [0, 0.05) is 29.0 Å². The number of carboxylic acid groups (broad SMARTS) is 3. The van der Waals surface area contributed by atoms with Crippen molar-refractivity contribution >= 4 is 41.9 Å². The minimum absolute atomic E-state index is 0.0253. The zero-order valence-electron chi connectivity index (χ0n) is 22.1. The Balaban J connectivity index is 0.000000312. The van der Waals surface area contributed by atoms with Crippen LogP contribution in [0.1, 0.15) is 49.7 Å². The summed E-state index contributed by atoms with van der Waals surface area (Å²) in [5.74, 6) is -2.90. The average Bonchev–Trinajstić information content (AvgIpc) is 2.89. The molecule has 7 N–H and O–H groups in total. The lowest BCUT2D eigenvalue weighted by molar-refractivity contribution is -0.385. The highest BCUT2D eigenvalue weighted by atomic mass is 32.1. The molecule has 0 saturated heterocycles. The summed E-state index contributed by atoms with van der Waals surface area (Å²) in [5, 5.41) is 46.3. The van der Waals surface area contributed by atoms with Crippen molar-refractivity contribution < 1.29 is 39.5 Å². The Morgan fingerprint density at radius 2 is 1.10 bits per heavy atom. The highest BCUT2D eigenvalue weighted by Gasteiger charge is 2.30. The highest BCUT2D eigenvalue weighted by molar-refractivity contribution is 7.81. The monoisotopic (exact) mass is 594 g/mol. The summed E-state index contributed by atoms with van der Waals surface area (Å²) in [7, 11) is 0. The summed E-state index contributed by atoms with van der Waals surface area (Å²) in [5.41, 5.74) is 11.9. The number of nitro benzene ring substituents is 2. The van der Waals surface area contributed by atoms with Gasteiger partial charge in [-0.25, -0.2) is 0 Å². The fraction of sp³-hybridized carbons (Fsp3) is 0.423. The number of nitrogens with zero attached hydrogens (tertiary/aromatic N) is 2. The third-order valence-corrected chi connectivity index (χ3v) is 6.71. The van der Waals surface area contributed by atoms with Crippen LogP contribution in [0.2, 0.25) is 0 Å². The third kappa shape index (κ3) is 13.7. The molecule has 14 nitrogen and oxygen atoms in total. The van der Waals surface area contributed by atoms with E-state index in [0.717, 1.165) is 25.7 Å². The lowest BCUT2D eigenvalue weighted by atomic mass is 9.86. The fourth-order valence-corrected chi connectivity index (χ4v) is 4.31. The van der Waals surface area contributed by atoms with Crippen molar-refractivity contribution in [3.8, 4) is 0 Å². The van der Waals surface area contributed by atoms with Gasteiger partial charge >= 0.3 is 17.9 Å². The van der Waals surface area contributed by atoms with Crippen LogP contribution in [-0.2, 0) is 27.2 Å². The van der Waals surface area contributed by atoms with Gasteiger partial charge in [-0.1, -0.05) is 43.5 Å². The molecule has 1 aliphatic carbocycles. The Kier molecular flexibility index (Phi) is 14.4. The maximum atomic E-state index is 10.4. The summed E-state index contributed by atoms with van der Waals surface area (Å²) < 4.78 is -0.204. The number of rotatable bonds is 10. The number of carbonyl (C=O) groups is 3. The maximum Gasteiger partial charge on any atom is 0.320 e. The zero-order valence-corrected chi connectivity index (χ0v) is 23.0. The molecule has 2 aromatic rings. The van der Waals surface area contributed by atoms with Crippen LogP contribution >= 0.6 is 12.6 Å². The number of non-ortho nitro benzene ring substituents is 2. The third-order valence-electron chi connectivity index (χ3n) is 6.10. The van der Waals surface area contributed by atoms with E-state index in [0.29, 0.717) is 11.1 Å². The number of thiol groups is 1. The molecular weight excluding hydrogens is 560 g/mol. The molecule has 0 heterocycles. The molecule has 2 atom stereocenters. The highest BCUT2D eigenvalue weighted by Crippen LogP contribution is 2.36. The summed E-state index contributed by atoms with van der Waals surface area (Å²) in [6.45, 7) is 0. The Bertz CT molecular complexity index is 1110. The second kappa shape index (κ2) is 16.9. The second-order valence-corrected chi connectivity index (χ2v) is 10.4. The van der Waals surface area contributed by atoms with Crippen molar-refractivity contribution in [3.05, 3.63) is 79.9 Å². The average molecular weight is 595 g/mol. The summed E-state index contributed by atoms with van der Waals surface area (Å²) in [4.78, 5) is 50.9. The normalized spacial score (nSPS) is 15.0. The van der Waals surface area contributed by atoms with Crippen molar-refractivity contribution in [1.82, 2.24) is 0 Å². The minimum atomic E-state index is -1.09. The molecule has 0 unspecified atom stereocenters. The summed E-state index contributed by atoms with van der Waals surface area (Å²) >= 11 is 4.41. The predicted molar refractivity (Wildman–Crippen MR) is 152 cm³/mol. The lowest BCUT2D eigenvalue weighted by Crippen LogP contribution is -2.32. The molecule has 15 heteroatoms. The van der Waals surface area contributed by atoms with Crippen LogP contribution < -0.4 is 11.5 Å². The number of hydrogen-bond acceptors (Lipinski definition) is 10. The fourth-order valence-electron chi connectivity index (χ4n) is 3.86. The minimum Gasteiger partial charge on any atom is -0.481 e. The van der Waals surface area contributed by atoms with Crippen molar-refractivity contribution in [2.24, 2.45) is 11.5 Å². The number of carboxylic acids is 3. The van der Waals surface area contributed by atoms with Gasteiger partial charge in [-0.05, 0) is 36.8 Å². The van der Waals surface area contributed by atoms with Gasteiger partial charge in [0.25, 0.3) is 11.4 Å². The van der Waals surface area contributed by atoms with Crippen LogP contribution in [0.3, 0.4) is 0 Å². The van der Waals surface area contributed by atoms with Crippen molar-refractivity contribution in [3.63, 3.8) is 0 Å². The van der Waals surface area contributed by atoms with Crippen LogP contribution in [0.4, 0.5) is 11.4 Å². The number of hydrogen-bond donors (Lipinski definition) is 6. The smallest absolute Gasteiger partial charge is 0.320 e. The quantitative estimate of drug-likeness (QED) is 0.132. The van der Waals surface area contributed by atoms with Gasteiger partial charge in [0.1, 0.15) is 12.1 Å². The van der Waals surface area contributed by atoms with Crippen molar-refractivity contribution in [2.45, 2.75) is 68.2 Å². The molecule has 0 bridgehead atoms. The van der Waals surface area contributed by atoms with Crippen molar-refractivity contribution in [1.29, 1.82) is 0 Å². The van der Waals surface area contributed by atoms with E-state index < -0.39 is 39.8 Å². The van der Waals surface area contributed by atoms with E-state index >= 15 is 0 Å². The summed E-state index contributed by atoms with van der Waals surface area (Å²) in [6.07, 6.45) is 5.97. The Morgan fingerprint density at radius 1 is 0.756 bits per heavy atom. The Morgan fingerprint density at radius 3 is 1.37 bits per heavy atom. The van der Waals surface area contributed by atoms with E-state index in [1.165, 1.54) is 55.0 Å². The molecule has 3 rings (SSSR count). The van der Waals surface area contributed by atoms with Crippen LogP contribution in [0.25, 0.3) is 0 Å². The molecular formula is C26H34N4O10S. The number of nitro groups is 2. The number of nitrogens with two attached hydrogens (primary N) is 2. The van der Waals surface area contributed by atoms with Gasteiger partial charge in [0.05, 0.1) is 16.3 Å². The van der Waals surface area contributed by atoms with Crippen LogP contribution in [-0.4, -0.2) is 59.9 Å². The molecule has 0 amide bonds. The van der Waals surface area contributed by atoms with E-state index in [9.17, 15) is 34.6 Å². The van der Waals surface area contributed by atoms with E-state index in [1.807, 2.05) is 0 Å². The first kappa shape index (κ1) is 34.9. The van der Waals surface area contributed by atoms with Gasteiger partial charge in [0.15, 0.2) is 0 Å².